The van der Waals surface area contributed by atoms with E-state index in [1.54, 1.807) is 22.1 Å². The zero-order valence-corrected chi connectivity index (χ0v) is 23.9. The van der Waals surface area contributed by atoms with Gasteiger partial charge >= 0.3 is 12.2 Å². The van der Waals surface area contributed by atoms with Crippen LogP contribution in [0.25, 0.3) is 0 Å². The summed E-state index contributed by atoms with van der Waals surface area (Å²) in [4.78, 5) is 39.5. The molecule has 41 heavy (non-hydrogen) atoms. The zero-order valence-electron chi connectivity index (χ0n) is 23.9. The fraction of sp³-hybridized carbons (Fsp3) is 0.419. The van der Waals surface area contributed by atoms with Crippen LogP contribution in [0.1, 0.15) is 43.5 Å². The Morgan fingerprint density at radius 1 is 1.00 bits per heavy atom. The molecule has 0 spiro atoms. The Labute approximate surface area is 241 Å². The number of carbonyl (C=O) groups excluding carboxylic acids is 2. The summed E-state index contributed by atoms with van der Waals surface area (Å²) in [7, 11) is 0. The van der Waals surface area contributed by atoms with Crippen molar-refractivity contribution in [1.29, 1.82) is 0 Å². The third-order valence-corrected chi connectivity index (χ3v) is 7.63. The first-order chi connectivity index (χ1) is 19.9. The van der Waals surface area contributed by atoms with Crippen LogP contribution in [0.15, 0.2) is 66.9 Å². The van der Waals surface area contributed by atoms with E-state index in [1.807, 2.05) is 30.3 Å². The number of amides is 2. The maximum atomic E-state index is 12.5. The summed E-state index contributed by atoms with van der Waals surface area (Å²) >= 11 is 0. The molecule has 2 saturated heterocycles. The van der Waals surface area contributed by atoms with E-state index < -0.39 is 0 Å². The minimum atomic E-state index is -0.374. The number of hydrogen-bond acceptors (Lipinski definition) is 8. The third kappa shape index (κ3) is 7.13. The molecule has 10 heteroatoms. The van der Waals surface area contributed by atoms with Gasteiger partial charge in [0.05, 0.1) is 12.1 Å². The number of anilines is 2. The van der Waals surface area contributed by atoms with Crippen LogP contribution in [0.5, 0.6) is 0 Å². The second kappa shape index (κ2) is 13.0. The summed E-state index contributed by atoms with van der Waals surface area (Å²) in [6, 6.07) is 19.9. The van der Waals surface area contributed by atoms with Crippen molar-refractivity contribution in [1.82, 2.24) is 19.8 Å². The van der Waals surface area contributed by atoms with Crippen molar-refractivity contribution in [2.75, 3.05) is 43.0 Å². The number of rotatable bonds is 9. The molecule has 0 radical (unpaired) electrons. The summed E-state index contributed by atoms with van der Waals surface area (Å²) in [5, 5.41) is 3.36. The maximum absolute atomic E-state index is 12.5. The Hall–Kier alpha value is -4.18. The highest BCUT2D eigenvalue weighted by Crippen LogP contribution is 2.27. The molecule has 2 aliphatic heterocycles. The lowest BCUT2D eigenvalue weighted by Crippen LogP contribution is -2.48. The third-order valence-electron chi connectivity index (χ3n) is 7.63. The first kappa shape index (κ1) is 28.4. The van der Waals surface area contributed by atoms with Crippen LogP contribution in [0.3, 0.4) is 0 Å². The van der Waals surface area contributed by atoms with Crippen molar-refractivity contribution >= 4 is 24.0 Å². The molecule has 3 aromatic rings. The number of aromatic nitrogens is 2. The smallest absolute Gasteiger partial charge is 0.415 e. The second-order valence-electron chi connectivity index (χ2n) is 10.9. The fourth-order valence-electron chi connectivity index (χ4n) is 5.09. The topological polar surface area (TPSA) is 100 Å². The van der Waals surface area contributed by atoms with E-state index >= 15 is 0 Å². The Morgan fingerprint density at radius 3 is 2.44 bits per heavy atom. The van der Waals surface area contributed by atoms with Crippen LogP contribution >= 0.6 is 0 Å². The van der Waals surface area contributed by atoms with Crippen LogP contribution < -0.4 is 10.2 Å². The number of nitrogens with zero attached hydrogens (tertiary/aromatic N) is 5. The standard InChI is InChI=1S/C31H38N6O4/c1-22(2)27-21-41-31(39)37(27)28-13-14-32-29(34-28)33-23(3)26-11-9-24(10-12-26)19-35-15-17-36(18-16-35)30(38)40-20-25-7-5-4-6-8-25/h4-14,22-23,27H,15-21H2,1-3H3,(H,32,33,34)/t23-,27+/m0/s1. The van der Waals surface area contributed by atoms with Gasteiger partial charge in [0.25, 0.3) is 0 Å². The van der Waals surface area contributed by atoms with E-state index in [-0.39, 0.29) is 30.2 Å². The van der Waals surface area contributed by atoms with E-state index in [1.165, 1.54) is 5.56 Å². The van der Waals surface area contributed by atoms with Gasteiger partial charge in [-0.3, -0.25) is 9.80 Å². The van der Waals surface area contributed by atoms with Gasteiger partial charge in [-0.25, -0.2) is 14.6 Å². The molecule has 5 rings (SSSR count). The Balaban J connectivity index is 1.10. The Morgan fingerprint density at radius 2 is 1.73 bits per heavy atom. The molecule has 0 aliphatic carbocycles. The van der Waals surface area contributed by atoms with E-state index in [2.05, 4.69) is 65.2 Å². The molecule has 0 saturated carbocycles. The van der Waals surface area contributed by atoms with Crippen LogP contribution in [-0.4, -0.2) is 70.8 Å². The molecule has 2 fully saturated rings. The average Bonchev–Trinajstić information content (AvgIpc) is 3.39. The quantitative estimate of drug-likeness (QED) is 0.388. The molecule has 2 aromatic carbocycles. The van der Waals surface area contributed by atoms with Crippen molar-refractivity contribution in [2.45, 2.75) is 46.0 Å². The van der Waals surface area contributed by atoms with Crippen LogP contribution in [0, 0.1) is 5.92 Å². The lowest BCUT2D eigenvalue weighted by molar-refractivity contribution is 0.0700. The van der Waals surface area contributed by atoms with Gasteiger partial charge in [0.15, 0.2) is 0 Å². The summed E-state index contributed by atoms with van der Waals surface area (Å²) in [5.41, 5.74) is 3.31. The van der Waals surface area contributed by atoms with Gasteiger partial charge in [-0.05, 0) is 35.6 Å². The molecular formula is C31H38N6O4. The maximum Gasteiger partial charge on any atom is 0.415 e. The highest BCUT2D eigenvalue weighted by Gasteiger charge is 2.37. The number of hydrogen-bond donors (Lipinski definition) is 1. The summed E-state index contributed by atoms with van der Waals surface area (Å²) in [6.07, 6.45) is 1.03. The van der Waals surface area contributed by atoms with E-state index in [0.717, 1.165) is 30.8 Å². The SMILES string of the molecule is CC(C)[C@H]1COC(=O)N1c1ccnc(N[C@@H](C)c2ccc(CN3CCN(C(=O)OCc4ccccc4)CC3)cc2)n1. The van der Waals surface area contributed by atoms with Gasteiger partial charge in [-0.1, -0.05) is 68.4 Å². The van der Waals surface area contributed by atoms with Crippen molar-refractivity contribution in [3.8, 4) is 0 Å². The van der Waals surface area contributed by atoms with Crippen LogP contribution in [0.4, 0.5) is 21.4 Å². The number of cyclic esters (lactones) is 1. The van der Waals surface area contributed by atoms with E-state index in [4.69, 9.17) is 9.47 Å². The van der Waals surface area contributed by atoms with Gasteiger partial charge in [0.2, 0.25) is 5.95 Å². The molecule has 3 heterocycles. The largest absolute Gasteiger partial charge is 0.447 e. The average molecular weight is 559 g/mol. The van der Waals surface area contributed by atoms with Gasteiger partial charge in [0.1, 0.15) is 19.0 Å². The van der Waals surface area contributed by atoms with Crippen molar-refractivity contribution in [3.05, 3.63) is 83.6 Å². The molecule has 1 aromatic heterocycles. The van der Waals surface area contributed by atoms with Gasteiger partial charge in [0, 0.05) is 38.9 Å². The highest BCUT2D eigenvalue weighted by atomic mass is 16.6. The molecule has 216 valence electrons. The molecule has 2 atom stereocenters. The second-order valence-corrected chi connectivity index (χ2v) is 10.9. The normalized spacial score (nSPS) is 18.3. The predicted molar refractivity (Wildman–Crippen MR) is 156 cm³/mol. The minimum absolute atomic E-state index is 0.0313. The number of carbonyl (C=O) groups is 2. The van der Waals surface area contributed by atoms with Crippen molar-refractivity contribution in [3.63, 3.8) is 0 Å². The summed E-state index contributed by atoms with van der Waals surface area (Å²) in [5.74, 6) is 1.24. The number of nitrogens with one attached hydrogen (secondary N) is 1. The number of piperazine rings is 1. The van der Waals surface area contributed by atoms with Crippen molar-refractivity contribution < 1.29 is 19.1 Å². The molecule has 0 unspecified atom stereocenters. The van der Waals surface area contributed by atoms with Gasteiger partial charge in [-0.15, -0.1) is 0 Å². The fourth-order valence-corrected chi connectivity index (χ4v) is 5.09. The monoisotopic (exact) mass is 558 g/mol. The van der Waals surface area contributed by atoms with Crippen LogP contribution in [0.2, 0.25) is 0 Å². The molecule has 2 aliphatic rings. The van der Waals surface area contributed by atoms with E-state index in [9.17, 15) is 9.59 Å². The van der Waals surface area contributed by atoms with Crippen LogP contribution in [-0.2, 0) is 22.6 Å². The Kier molecular flexibility index (Phi) is 8.98. The first-order valence-corrected chi connectivity index (χ1v) is 14.2. The number of benzene rings is 2. The van der Waals surface area contributed by atoms with E-state index in [0.29, 0.717) is 38.1 Å². The zero-order chi connectivity index (χ0) is 28.8. The number of ether oxygens (including phenoxy) is 2. The highest BCUT2D eigenvalue weighted by molar-refractivity contribution is 5.89. The lowest BCUT2D eigenvalue weighted by atomic mass is 10.0. The van der Waals surface area contributed by atoms with Crippen molar-refractivity contribution in [2.24, 2.45) is 5.92 Å². The minimum Gasteiger partial charge on any atom is -0.447 e. The summed E-state index contributed by atoms with van der Waals surface area (Å²) in [6.45, 7) is 10.6. The molecule has 2 amide bonds. The molecular weight excluding hydrogens is 520 g/mol. The predicted octanol–water partition coefficient (Wildman–Crippen LogP) is 5.09. The molecule has 1 N–H and O–H groups in total. The summed E-state index contributed by atoms with van der Waals surface area (Å²) < 4.78 is 10.8. The lowest BCUT2D eigenvalue weighted by Gasteiger charge is -2.34. The van der Waals surface area contributed by atoms with Gasteiger partial charge in [-0.2, -0.15) is 4.98 Å². The van der Waals surface area contributed by atoms with Gasteiger partial charge < -0.3 is 19.7 Å². The Bertz CT molecular complexity index is 1310. The molecule has 0 bridgehead atoms. The first-order valence-electron chi connectivity index (χ1n) is 14.2. The molecule has 10 nitrogen and oxygen atoms in total.